The number of carbonyl (C=O) groups excluding carboxylic acids is 1. The van der Waals surface area contributed by atoms with Crippen LogP contribution in [0.2, 0.25) is 10.0 Å². The second kappa shape index (κ2) is 6.20. The summed E-state index contributed by atoms with van der Waals surface area (Å²) >= 11 is 11.7. The van der Waals surface area contributed by atoms with Crippen LogP contribution >= 0.6 is 23.2 Å². The van der Waals surface area contributed by atoms with Crippen molar-refractivity contribution < 1.29 is 14.6 Å². The van der Waals surface area contributed by atoms with E-state index in [4.69, 9.17) is 27.9 Å². The van der Waals surface area contributed by atoms with Crippen LogP contribution in [0.1, 0.15) is 26.2 Å². The van der Waals surface area contributed by atoms with E-state index in [-0.39, 0.29) is 12.5 Å². The molecule has 1 aliphatic carbocycles. The van der Waals surface area contributed by atoms with Gasteiger partial charge < -0.3 is 15.2 Å². The molecule has 0 heterocycles. The van der Waals surface area contributed by atoms with Crippen molar-refractivity contribution in [3.63, 3.8) is 0 Å². The van der Waals surface area contributed by atoms with Crippen molar-refractivity contribution in [1.29, 1.82) is 0 Å². The first kappa shape index (κ1) is 15.4. The fraction of sp³-hybridized carbons (Fsp3) is 0.500. The predicted octanol–water partition coefficient (Wildman–Crippen LogP) is 2.79. The third-order valence-electron chi connectivity index (χ3n) is 3.45. The predicted molar refractivity (Wildman–Crippen MR) is 78.4 cm³/mol. The van der Waals surface area contributed by atoms with Gasteiger partial charge in [0, 0.05) is 12.6 Å². The average molecular weight is 318 g/mol. The Labute approximate surface area is 128 Å². The van der Waals surface area contributed by atoms with Gasteiger partial charge in [-0.2, -0.15) is 0 Å². The zero-order valence-electron chi connectivity index (χ0n) is 11.2. The van der Waals surface area contributed by atoms with E-state index >= 15 is 0 Å². The number of aliphatic hydroxyl groups is 1. The molecule has 4 nitrogen and oxygen atoms in total. The summed E-state index contributed by atoms with van der Waals surface area (Å²) in [6.07, 6.45) is 1.79. The van der Waals surface area contributed by atoms with E-state index in [2.05, 4.69) is 5.32 Å². The van der Waals surface area contributed by atoms with Crippen LogP contribution in [-0.2, 0) is 4.79 Å². The molecule has 1 atom stereocenters. The first-order valence-corrected chi connectivity index (χ1v) is 7.27. The molecule has 0 bridgehead atoms. The molecule has 6 heteroatoms. The van der Waals surface area contributed by atoms with E-state index in [9.17, 15) is 9.90 Å². The third kappa shape index (κ3) is 3.78. The zero-order valence-corrected chi connectivity index (χ0v) is 12.7. The number of nitrogens with one attached hydrogen (secondary N) is 1. The average Bonchev–Trinajstić information content (AvgIpc) is 2.38. The first-order valence-electron chi connectivity index (χ1n) is 6.51. The fourth-order valence-electron chi connectivity index (χ4n) is 1.96. The van der Waals surface area contributed by atoms with Crippen LogP contribution in [0, 0.1) is 0 Å². The number of halogens is 2. The molecule has 1 saturated carbocycles. The van der Waals surface area contributed by atoms with Crippen molar-refractivity contribution in [3.05, 3.63) is 28.2 Å². The molecule has 0 spiro atoms. The summed E-state index contributed by atoms with van der Waals surface area (Å²) in [6.45, 7) is 1.91. The third-order valence-corrected chi connectivity index (χ3v) is 4.19. The highest BCUT2D eigenvalue weighted by atomic mass is 35.5. The van der Waals surface area contributed by atoms with Gasteiger partial charge in [-0.05, 0) is 38.3 Å². The second-order valence-electron chi connectivity index (χ2n) is 5.13. The number of amides is 1. The normalized spacial score (nSPS) is 18.0. The van der Waals surface area contributed by atoms with Gasteiger partial charge in [0.25, 0.3) is 5.91 Å². The summed E-state index contributed by atoms with van der Waals surface area (Å²) < 4.78 is 5.49. The van der Waals surface area contributed by atoms with Gasteiger partial charge in [-0.25, -0.2) is 0 Å². The molecule has 0 aromatic heterocycles. The summed E-state index contributed by atoms with van der Waals surface area (Å²) in [7, 11) is 0. The molecule has 0 radical (unpaired) electrons. The largest absolute Gasteiger partial charge is 0.481 e. The Bertz CT molecular complexity index is 503. The Morgan fingerprint density at radius 2 is 2.15 bits per heavy atom. The highest BCUT2D eigenvalue weighted by Crippen LogP contribution is 2.30. The Morgan fingerprint density at radius 1 is 1.45 bits per heavy atom. The van der Waals surface area contributed by atoms with E-state index in [1.807, 2.05) is 0 Å². The zero-order chi connectivity index (χ0) is 14.8. The van der Waals surface area contributed by atoms with Crippen molar-refractivity contribution >= 4 is 29.1 Å². The minimum absolute atomic E-state index is 0.265. The topological polar surface area (TPSA) is 58.6 Å². The van der Waals surface area contributed by atoms with Gasteiger partial charge in [0.15, 0.2) is 6.10 Å². The lowest BCUT2D eigenvalue weighted by molar-refractivity contribution is -0.129. The lowest BCUT2D eigenvalue weighted by atomic mass is 9.80. The number of ether oxygens (including phenoxy) is 1. The SMILES string of the molecule is CC(Oc1ccc(Cl)c(Cl)c1)C(=O)NCC1(O)CCC1. The van der Waals surface area contributed by atoms with E-state index in [1.54, 1.807) is 25.1 Å². The maximum absolute atomic E-state index is 11.9. The fourth-order valence-corrected chi connectivity index (χ4v) is 2.25. The lowest BCUT2D eigenvalue weighted by Gasteiger charge is -2.36. The Morgan fingerprint density at radius 3 is 2.70 bits per heavy atom. The molecule has 20 heavy (non-hydrogen) atoms. The Balaban J connectivity index is 1.85. The molecule has 0 saturated heterocycles. The van der Waals surface area contributed by atoms with Crippen LogP contribution in [0.4, 0.5) is 0 Å². The van der Waals surface area contributed by atoms with Gasteiger partial charge in [0.05, 0.1) is 15.6 Å². The molecular weight excluding hydrogens is 301 g/mol. The maximum atomic E-state index is 11.9. The van der Waals surface area contributed by atoms with Crippen molar-refractivity contribution in [3.8, 4) is 5.75 Å². The molecule has 1 unspecified atom stereocenters. The number of carbonyl (C=O) groups is 1. The standard InChI is InChI=1S/C14H17Cl2NO3/c1-9(13(18)17-8-14(19)5-2-6-14)20-10-3-4-11(15)12(16)7-10/h3-4,7,9,19H,2,5-6,8H2,1H3,(H,17,18). The molecule has 2 rings (SSSR count). The minimum Gasteiger partial charge on any atom is -0.481 e. The van der Waals surface area contributed by atoms with Gasteiger partial charge in [0.2, 0.25) is 0 Å². The van der Waals surface area contributed by atoms with E-state index in [0.717, 1.165) is 19.3 Å². The van der Waals surface area contributed by atoms with E-state index < -0.39 is 11.7 Å². The van der Waals surface area contributed by atoms with Crippen LogP contribution in [0.3, 0.4) is 0 Å². The summed E-state index contributed by atoms with van der Waals surface area (Å²) in [4.78, 5) is 11.9. The molecule has 1 aromatic carbocycles. The molecule has 1 amide bonds. The van der Waals surface area contributed by atoms with Gasteiger partial charge in [-0.3, -0.25) is 4.79 Å². The smallest absolute Gasteiger partial charge is 0.260 e. The van der Waals surface area contributed by atoms with Crippen molar-refractivity contribution in [2.75, 3.05) is 6.54 Å². The molecule has 110 valence electrons. The van der Waals surface area contributed by atoms with Crippen LogP contribution in [-0.4, -0.2) is 29.3 Å². The quantitative estimate of drug-likeness (QED) is 0.878. The summed E-state index contributed by atoms with van der Waals surface area (Å²) in [5.74, 6) is 0.209. The van der Waals surface area contributed by atoms with Crippen LogP contribution in [0.25, 0.3) is 0 Å². The number of benzene rings is 1. The summed E-state index contributed by atoms with van der Waals surface area (Å²) in [5.41, 5.74) is -0.737. The molecular formula is C14H17Cl2NO3. The van der Waals surface area contributed by atoms with Crippen LogP contribution in [0.5, 0.6) is 5.75 Å². The van der Waals surface area contributed by atoms with Crippen molar-refractivity contribution in [2.45, 2.75) is 37.9 Å². The molecule has 1 aliphatic rings. The van der Waals surface area contributed by atoms with E-state index in [0.29, 0.717) is 15.8 Å². The molecule has 0 aliphatic heterocycles. The van der Waals surface area contributed by atoms with E-state index in [1.165, 1.54) is 0 Å². The van der Waals surface area contributed by atoms with Gasteiger partial charge in [0.1, 0.15) is 5.75 Å². The highest BCUT2D eigenvalue weighted by Gasteiger charge is 2.35. The van der Waals surface area contributed by atoms with Gasteiger partial charge in [-0.1, -0.05) is 23.2 Å². The Hall–Kier alpha value is -0.970. The molecule has 2 N–H and O–H groups in total. The lowest BCUT2D eigenvalue weighted by Crippen LogP contribution is -2.50. The monoisotopic (exact) mass is 317 g/mol. The summed E-state index contributed by atoms with van der Waals surface area (Å²) in [6, 6.07) is 4.82. The second-order valence-corrected chi connectivity index (χ2v) is 5.95. The van der Waals surface area contributed by atoms with Crippen molar-refractivity contribution in [2.24, 2.45) is 0 Å². The highest BCUT2D eigenvalue weighted by molar-refractivity contribution is 6.42. The molecule has 1 aromatic rings. The van der Waals surface area contributed by atoms with Crippen LogP contribution < -0.4 is 10.1 Å². The first-order chi connectivity index (χ1) is 9.39. The van der Waals surface area contributed by atoms with Crippen molar-refractivity contribution in [1.82, 2.24) is 5.32 Å². The van der Waals surface area contributed by atoms with Crippen LogP contribution in [0.15, 0.2) is 18.2 Å². The number of rotatable bonds is 5. The minimum atomic E-state index is -0.737. The Kier molecular flexibility index (Phi) is 4.78. The number of hydrogen-bond donors (Lipinski definition) is 2. The molecule has 1 fully saturated rings. The van der Waals surface area contributed by atoms with Gasteiger partial charge >= 0.3 is 0 Å². The van der Waals surface area contributed by atoms with Gasteiger partial charge in [-0.15, -0.1) is 0 Å². The summed E-state index contributed by atoms with van der Waals surface area (Å²) in [5, 5.41) is 13.4. The number of hydrogen-bond acceptors (Lipinski definition) is 3. The maximum Gasteiger partial charge on any atom is 0.260 e.